The second-order valence-electron chi connectivity index (χ2n) is 10.3. The van der Waals surface area contributed by atoms with Crippen molar-refractivity contribution >= 4 is 60.7 Å². The second kappa shape index (κ2) is 8.89. The molecule has 8 rings (SSSR count). The number of aromatic nitrogens is 2. The number of fused-ring (bicyclic) bond motifs is 6. The van der Waals surface area contributed by atoms with Crippen LogP contribution in [0.15, 0.2) is 146 Å². The molecule has 8 aromatic rings. The fourth-order valence-corrected chi connectivity index (χ4v) is 6.27. The van der Waals surface area contributed by atoms with Gasteiger partial charge in [-0.15, -0.1) is 0 Å². The number of hydrogen-bond acceptors (Lipinski definition) is 1. The Kier molecular flexibility index (Phi) is 5.04. The molecule has 0 N–H and O–H groups in total. The van der Waals surface area contributed by atoms with Crippen molar-refractivity contribution in [3.05, 3.63) is 146 Å². The van der Waals surface area contributed by atoms with Gasteiger partial charge in [0.15, 0.2) is 0 Å². The van der Waals surface area contributed by atoms with E-state index < -0.39 is 0 Å². The van der Waals surface area contributed by atoms with Crippen molar-refractivity contribution in [3.63, 3.8) is 0 Å². The van der Waals surface area contributed by atoms with Crippen molar-refractivity contribution in [1.29, 1.82) is 0 Å². The van der Waals surface area contributed by atoms with Crippen LogP contribution in [0.4, 0.5) is 17.1 Å². The first-order chi connectivity index (χ1) is 19.8. The maximum absolute atomic E-state index is 2.39. The SMILES string of the molecule is Cn1c2ccc(-n3c4ccccc4c4ccccc43)cc2c2ccc(N(c3ccccc3)c3ccccc3)cc21. The van der Waals surface area contributed by atoms with Crippen molar-refractivity contribution in [2.45, 2.75) is 0 Å². The third-order valence-corrected chi connectivity index (χ3v) is 8.10. The molecule has 2 heterocycles. The quantitative estimate of drug-likeness (QED) is 0.228. The second-order valence-corrected chi connectivity index (χ2v) is 10.3. The van der Waals surface area contributed by atoms with Crippen LogP contribution in [0.2, 0.25) is 0 Å². The molecule has 3 heteroatoms. The minimum Gasteiger partial charge on any atom is -0.344 e. The number of anilines is 3. The van der Waals surface area contributed by atoms with Crippen molar-refractivity contribution in [3.8, 4) is 5.69 Å². The van der Waals surface area contributed by atoms with E-state index in [4.69, 9.17) is 0 Å². The van der Waals surface area contributed by atoms with Gasteiger partial charge < -0.3 is 14.0 Å². The van der Waals surface area contributed by atoms with Gasteiger partial charge in [-0.05, 0) is 66.7 Å². The zero-order valence-electron chi connectivity index (χ0n) is 22.2. The van der Waals surface area contributed by atoms with Gasteiger partial charge in [-0.2, -0.15) is 0 Å². The number of benzene rings is 6. The maximum atomic E-state index is 2.39. The largest absolute Gasteiger partial charge is 0.344 e. The van der Waals surface area contributed by atoms with E-state index in [2.05, 4.69) is 167 Å². The number of nitrogens with zero attached hydrogens (tertiary/aromatic N) is 3. The number of rotatable bonds is 4. The molecule has 190 valence electrons. The Hall–Kier alpha value is -5.28. The minimum atomic E-state index is 1.14. The van der Waals surface area contributed by atoms with Crippen molar-refractivity contribution in [2.75, 3.05) is 4.90 Å². The molecule has 0 saturated carbocycles. The van der Waals surface area contributed by atoms with Crippen LogP contribution in [0.25, 0.3) is 49.3 Å². The van der Waals surface area contributed by atoms with Gasteiger partial charge in [0, 0.05) is 56.9 Å². The van der Waals surface area contributed by atoms with E-state index in [-0.39, 0.29) is 0 Å². The van der Waals surface area contributed by atoms with E-state index in [1.165, 1.54) is 49.3 Å². The lowest BCUT2D eigenvalue weighted by Gasteiger charge is -2.25. The summed E-state index contributed by atoms with van der Waals surface area (Å²) in [6.07, 6.45) is 0. The lowest BCUT2D eigenvalue weighted by atomic mass is 10.1. The molecule has 0 spiro atoms. The van der Waals surface area contributed by atoms with Gasteiger partial charge in [-0.25, -0.2) is 0 Å². The standard InChI is InChI=1S/C37H27N3/c1-38-34-23-21-28(40-35-18-10-8-16-30(35)31-17-9-11-19-36(31)40)24-33(34)32-22-20-29(25-37(32)38)39(26-12-4-2-5-13-26)27-14-6-3-7-15-27/h2-25H,1H3. The third-order valence-electron chi connectivity index (χ3n) is 8.10. The van der Waals surface area contributed by atoms with E-state index in [0.717, 1.165) is 17.1 Å². The summed E-state index contributed by atoms with van der Waals surface area (Å²) < 4.78 is 4.71. The molecule has 0 saturated heterocycles. The Morgan fingerprint density at radius 3 is 1.57 bits per heavy atom. The highest BCUT2D eigenvalue weighted by atomic mass is 15.1. The average Bonchev–Trinajstić information content (AvgIpc) is 3.50. The van der Waals surface area contributed by atoms with Crippen LogP contribution in [0.5, 0.6) is 0 Å². The summed E-state index contributed by atoms with van der Waals surface area (Å²) >= 11 is 0. The van der Waals surface area contributed by atoms with Crippen molar-refractivity contribution in [2.24, 2.45) is 7.05 Å². The molecule has 0 aliphatic rings. The number of para-hydroxylation sites is 4. The first-order valence-electron chi connectivity index (χ1n) is 13.7. The van der Waals surface area contributed by atoms with E-state index in [0.29, 0.717) is 0 Å². The predicted molar refractivity (Wildman–Crippen MR) is 169 cm³/mol. The fraction of sp³-hybridized carbons (Fsp3) is 0.0270. The van der Waals surface area contributed by atoms with Gasteiger partial charge in [0.05, 0.1) is 16.6 Å². The first-order valence-corrected chi connectivity index (χ1v) is 13.7. The van der Waals surface area contributed by atoms with Gasteiger partial charge in [-0.1, -0.05) is 78.9 Å². The molecule has 0 fully saturated rings. The average molecular weight is 514 g/mol. The number of hydrogen-bond donors (Lipinski definition) is 0. The highest BCUT2D eigenvalue weighted by molar-refractivity contribution is 6.12. The van der Waals surface area contributed by atoms with E-state index >= 15 is 0 Å². The summed E-state index contributed by atoms with van der Waals surface area (Å²) in [4.78, 5) is 2.32. The summed E-state index contributed by atoms with van der Waals surface area (Å²) in [5.41, 5.74) is 9.49. The van der Waals surface area contributed by atoms with Crippen LogP contribution in [0, 0.1) is 0 Å². The summed E-state index contributed by atoms with van der Waals surface area (Å²) in [7, 11) is 2.17. The molecule has 0 bridgehead atoms. The summed E-state index contributed by atoms with van der Waals surface area (Å²) in [5, 5.41) is 5.07. The van der Waals surface area contributed by atoms with Crippen LogP contribution >= 0.6 is 0 Å². The summed E-state index contributed by atoms with van der Waals surface area (Å²) in [6.45, 7) is 0. The number of aryl methyl sites for hydroxylation is 1. The molecule has 0 atom stereocenters. The summed E-state index contributed by atoms with van der Waals surface area (Å²) in [6, 6.07) is 52.2. The van der Waals surface area contributed by atoms with E-state index in [1.807, 2.05) is 0 Å². The molecule has 6 aromatic carbocycles. The summed E-state index contributed by atoms with van der Waals surface area (Å²) in [5.74, 6) is 0. The zero-order valence-corrected chi connectivity index (χ0v) is 22.2. The van der Waals surface area contributed by atoms with Crippen LogP contribution in [0.1, 0.15) is 0 Å². The van der Waals surface area contributed by atoms with Gasteiger partial charge in [-0.3, -0.25) is 0 Å². The van der Waals surface area contributed by atoms with Gasteiger partial charge >= 0.3 is 0 Å². The highest BCUT2D eigenvalue weighted by Crippen LogP contribution is 2.39. The molecule has 0 aliphatic carbocycles. The molecule has 0 radical (unpaired) electrons. The lowest BCUT2D eigenvalue weighted by Crippen LogP contribution is -2.09. The Bertz CT molecular complexity index is 2080. The van der Waals surface area contributed by atoms with Gasteiger partial charge in [0.25, 0.3) is 0 Å². The first kappa shape index (κ1) is 22.7. The Morgan fingerprint density at radius 1 is 0.400 bits per heavy atom. The van der Waals surface area contributed by atoms with Crippen LogP contribution in [-0.2, 0) is 7.05 Å². The maximum Gasteiger partial charge on any atom is 0.0541 e. The predicted octanol–water partition coefficient (Wildman–Crippen LogP) is 9.90. The van der Waals surface area contributed by atoms with Gasteiger partial charge in [0.2, 0.25) is 0 Å². The van der Waals surface area contributed by atoms with E-state index in [1.54, 1.807) is 0 Å². The monoisotopic (exact) mass is 513 g/mol. The van der Waals surface area contributed by atoms with E-state index in [9.17, 15) is 0 Å². The smallest absolute Gasteiger partial charge is 0.0541 e. The van der Waals surface area contributed by atoms with Crippen LogP contribution in [0.3, 0.4) is 0 Å². The molecular formula is C37H27N3. The van der Waals surface area contributed by atoms with Crippen LogP contribution < -0.4 is 4.90 Å². The Morgan fingerprint density at radius 2 is 0.950 bits per heavy atom. The molecule has 0 amide bonds. The topological polar surface area (TPSA) is 13.1 Å². The van der Waals surface area contributed by atoms with Crippen molar-refractivity contribution in [1.82, 2.24) is 9.13 Å². The Balaban J connectivity index is 1.34. The minimum absolute atomic E-state index is 1.14. The zero-order chi connectivity index (χ0) is 26.6. The molecule has 40 heavy (non-hydrogen) atoms. The highest BCUT2D eigenvalue weighted by Gasteiger charge is 2.17. The third kappa shape index (κ3) is 3.38. The Labute approximate surface area is 232 Å². The fourth-order valence-electron chi connectivity index (χ4n) is 6.27. The van der Waals surface area contributed by atoms with Crippen LogP contribution in [-0.4, -0.2) is 9.13 Å². The normalized spacial score (nSPS) is 11.6. The van der Waals surface area contributed by atoms with Crippen molar-refractivity contribution < 1.29 is 0 Å². The molecule has 0 unspecified atom stereocenters. The van der Waals surface area contributed by atoms with Gasteiger partial charge in [0.1, 0.15) is 0 Å². The molecule has 3 nitrogen and oxygen atoms in total. The molecule has 2 aromatic heterocycles. The lowest BCUT2D eigenvalue weighted by molar-refractivity contribution is 1.01. The molecule has 0 aliphatic heterocycles. The molecular weight excluding hydrogens is 486 g/mol.